The molecule has 5 heteroatoms. The summed E-state index contributed by atoms with van der Waals surface area (Å²) in [4.78, 5) is 27.6. The number of amides is 2. The molecule has 5 nitrogen and oxygen atoms in total. The molecule has 146 valence electrons. The van der Waals surface area contributed by atoms with Crippen LogP contribution in [-0.4, -0.2) is 48.4 Å². The molecule has 0 spiro atoms. The maximum atomic E-state index is 12.9. The summed E-state index contributed by atoms with van der Waals surface area (Å²) in [6.45, 7) is 5.27. The van der Waals surface area contributed by atoms with Crippen molar-refractivity contribution in [3.05, 3.63) is 35.4 Å². The Morgan fingerprint density at radius 3 is 2.56 bits per heavy atom. The third-order valence-electron chi connectivity index (χ3n) is 6.52. The van der Waals surface area contributed by atoms with Crippen LogP contribution in [0.15, 0.2) is 24.3 Å². The predicted molar refractivity (Wildman–Crippen MR) is 105 cm³/mol. The second kappa shape index (κ2) is 7.63. The summed E-state index contributed by atoms with van der Waals surface area (Å²) in [5, 5.41) is 6.66. The Labute approximate surface area is 161 Å². The third kappa shape index (κ3) is 4.18. The number of piperidine rings is 1. The van der Waals surface area contributed by atoms with Gasteiger partial charge in [0.05, 0.1) is 11.8 Å². The van der Waals surface area contributed by atoms with E-state index < -0.39 is 0 Å². The van der Waals surface area contributed by atoms with E-state index in [1.165, 1.54) is 11.1 Å². The van der Waals surface area contributed by atoms with Gasteiger partial charge in [-0.05, 0) is 56.6 Å². The number of benzene rings is 1. The van der Waals surface area contributed by atoms with Gasteiger partial charge in [-0.1, -0.05) is 24.3 Å². The molecule has 0 aromatic heterocycles. The Kier molecular flexibility index (Phi) is 5.22. The first-order chi connectivity index (χ1) is 13.1. The lowest BCUT2D eigenvalue weighted by Gasteiger charge is -2.32. The van der Waals surface area contributed by atoms with Crippen molar-refractivity contribution in [1.82, 2.24) is 15.5 Å². The van der Waals surface area contributed by atoms with Crippen molar-refractivity contribution in [2.75, 3.05) is 26.2 Å². The van der Waals surface area contributed by atoms with Crippen molar-refractivity contribution < 1.29 is 9.59 Å². The molecule has 2 N–H and O–H groups in total. The lowest BCUT2D eigenvalue weighted by Crippen LogP contribution is -2.51. The van der Waals surface area contributed by atoms with Crippen LogP contribution >= 0.6 is 0 Å². The normalized spacial score (nSPS) is 26.6. The maximum Gasteiger partial charge on any atom is 0.226 e. The lowest BCUT2D eigenvalue weighted by atomic mass is 9.88. The van der Waals surface area contributed by atoms with E-state index in [4.69, 9.17) is 0 Å². The zero-order valence-electron chi connectivity index (χ0n) is 16.3. The zero-order valence-corrected chi connectivity index (χ0v) is 16.3. The first kappa shape index (κ1) is 18.5. The van der Waals surface area contributed by atoms with Gasteiger partial charge in [-0.2, -0.15) is 0 Å². The molecule has 1 aliphatic carbocycles. The quantitative estimate of drug-likeness (QED) is 0.835. The Morgan fingerprint density at radius 1 is 1.15 bits per heavy atom. The highest BCUT2D eigenvalue weighted by Crippen LogP contribution is 2.39. The molecule has 0 bridgehead atoms. The smallest absolute Gasteiger partial charge is 0.226 e. The highest BCUT2D eigenvalue weighted by Gasteiger charge is 2.45. The molecular weight excluding hydrogens is 338 g/mol. The van der Waals surface area contributed by atoms with Gasteiger partial charge in [0, 0.05) is 31.7 Å². The molecule has 4 rings (SSSR count). The molecule has 2 atom stereocenters. The van der Waals surface area contributed by atoms with Gasteiger partial charge >= 0.3 is 0 Å². The van der Waals surface area contributed by atoms with Crippen LogP contribution in [0.2, 0.25) is 0 Å². The Bertz CT molecular complexity index is 707. The fraction of sp³-hybridized carbons (Fsp3) is 0.636. The van der Waals surface area contributed by atoms with Crippen molar-refractivity contribution in [3.63, 3.8) is 0 Å². The largest absolute Gasteiger partial charge is 0.350 e. The van der Waals surface area contributed by atoms with Crippen LogP contribution in [0, 0.1) is 18.8 Å². The average molecular weight is 370 g/mol. The van der Waals surface area contributed by atoms with Gasteiger partial charge in [0.15, 0.2) is 0 Å². The number of rotatable bonds is 5. The number of carbonyl (C=O) groups is 2. The number of carbonyl (C=O) groups excluding carboxylic acids is 2. The average Bonchev–Trinajstić information content (AvgIpc) is 3.20. The van der Waals surface area contributed by atoms with Crippen molar-refractivity contribution in [1.29, 1.82) is 0 Å². The van der Waals surface area contributed by atoms with Crippen LogP contribution in [0.25, 0.3) is 0 Å². The fourth-order valence-electron chi connectivity index (χ4n) is 4.56. The van der Waals surface area contributed by atoms with Crippen LogP contribution in [0.3, 0.4) is 0 Å². The summed E-state index contributed by atoms with van der Waals surface area (Å²) in [6.07, 6.45) is 5.89. The summed E-state index contributed by atoms with van der Waals surface area (Å²) in [7, 11) is 0. The topological polar surface area (TPSA) is 61.4 Å². The molecule has 2 amide bonds. The minimum absolute atomic E-state index is 0.0564. The molecule has 2 saturated heterocycles. The summed E-state index contributed by atoms with van der Waals surface area (Å²) >= 11 is 0. The van der Waals surface area contributed by atoms with Crippen LogP contribution in [0.4, 0.5) is 0 Å². The highest BCUT2D eigenvalue weighted by molar-refractivity contribution is 5.83. The van der Waals surface area contributed by atoms with Crippen LogP contribution in [0.5, 0.6) is 0 Å². The number of likely N-dealkylation sites (tertiary alicyclic amines) is 1. The number of hydrogen-bond donors (Lipinski definition) is 2. The molecule has 2 heterocycles. The number of nitrogens with zero attached hydrogens (tertiary/aromatic N) is 1. The Hall–Kier alpha value is -1.88. The van der Waals surface area contributed by atoms with E-state index in [-0.39, 0.29) is 29.2 Å². The second-order valence-corrected chi connectivity index (χ2v) is 8.69. The molecule has 2 unspecified atom stereocenters. The van der Waals surface area contributed by atoms with Gasteiger partial charge in [-0.25, -0.2) is 0 Å². The van der Waals surface area contributed by atoms with E-state index in [0.29, 0.717) is 19.5 Å². The molecule has 1 saturated carbocycles. The first-order valence-corrected chi connectivity index (χ1v) is 10.4. The lowest BCUT2D eigenvalue weighted by molar-refractivity contribution is -0.136. The first-order valence-electron chi connectivity index (χ1n) is 10.4. The fourth-order valence-corrected chi connectivity index (χ4v) is 4.56. The molecule has 0 radical (unpaired) electrons. The second-order valence-electron chi connectivity index (χ2n) is 8.69. The van der Waals surface area contributed by atoms with E-state index in [9.17, 15) is 9.59 Å². The van der Waals surface area contributed by atoms with Gasteiger partial charge in [0.1, 0.15) is 0 Å². The SMILES string of the molecule is Cc1ccccc1CC1(NC(=O)C2CNCC(C(=O)N3CCCC3)C2)CC1. The number of hydrogen-bond acceptors (Lipinski definition) is 3. The van der Waals surface area contributed by atoms with E-state index in [1.54, 1.807) is 0 Å². The molecular formula is C22H31N3O2. The standard InChI is InChI=1S/C22H31N3O2/c1-16-6-2-3-7-17(16)13-22(8-9-22)24-20(26)18-12-19(15-23-14-18)21(27)25-10-4-5-11-25/h2-3,6-7,18-19,23H,4-5,8-15H2,1H3,(H,24,26). The van der Waals surface area contributed by atoms with Crippen molar-refractivity contribution >= 4 is 11.8 Å². The molecule has 3 fully saturated rings. The summed E-state index contributed by atoms with van der Waals surface area (Å²) in [5.74, 6) is 0.190. The van der Waals surface area contributed by atoms with Crippen LogP contribution in [0.1, 0.15) is 43.2 Å². The van der Waals surface area contributed by atoms with Gasteiger partial charge < -0.3 is 15.5 Å². The summed E-state index contributed by atoms with van der Waals surface area (Å²) < 4.78 is 0. The van der Waals surface area contributed by atoms with Crippen molar-refractivity contribution in [2.24, 2.45) is 11.8 Å². The molecule has 3 aliphatic rings. The zero-order chi connectivity index (χ0) is 18.9. The van der Waals surface area contributed by atoms with Gasteiger partial charge in [-0.3, -0.25) is 9.59 Å². The Morgan fingerprint density at radius 2 is 1.85 bits per heavy atom. The van der Waals surface area contributed by atoms with Crippen molar-refractivity contribution in [2.45, 2.75) is 51.0 Å². The number of aryl methyl sites for hydroxylation is 1. The predicted octanol–water partition coefficient (Wildman–Crippen LogP) is 2.03. The van der Waals surface area contributed by atoms with Gasteiger partial charge in [0.25, 0.3) is 0 Å². The molecule has 1 aromatic carbocycles. The van der Waals surface area contributed by atoms with Crippen LogP contribution in [-0.2, 0) is 16.0 Å². The Balaban J connectivity index is 1.35. The minimum atomic E-state index is -0.107. The molecule has 27 heavy (non-hydrogen) atoms. The summed E-state index contributed by atoms with van der Waals surface area (Å²) in [6, 6.07) is 8.42. The maximum absolute atomic E-state index is 12.9. The van der Waals surface area contributed by atoms with E-state index >= 15 is 0 Å². The van der Waals surface area contributed by atoms with Crippen LogP contribution < -0.4 is 10.6 Å². The van der Waals surface area contributed by atoms with Crippen molar-refractivity contribution in [3.8, 4) is 0 Å². The number of nitrogens with one attached hydrogen (secondary N) is 2. The third-order valence-corrected chi connectivity index (χ3v) is 6.52. The summed E-state index contributed by atoms with van der Waals surface area (Å²) in [5.41, 5.74) is 2.53. The molecule has 1 aromatic rings. The minimum Gasteiger partial charge on any atom is -0.350 e. The monoisotopic (exact) mass is 369 g/mol. The molecule has 2 aliphatic heterocycles. The highest BCUT2D eigenvalue weighted by atomic mass is 16.2. The van der Waals surface area contributed by atoms with Gasteiger partial charge in [0.2, 0.25) is 11.8 Å². The van der Waals surface area contributed by atoms with E-state index in [1.807, 2.05) is 4.90 Å². The van der Waals surface area contributed by atoms with E-state index in [0.717, 1.165) is 45.2 Å². The van der Waals surface area contributed by atoms with Gasteiger partial charge in [-0.15, -0.1) is 0 Å². The van der Waals surface area contributed by atoms with E-state index in [2.05, 4.69) is 41.8 Å².